The van der Waals surface area contributed by atoms with E-state index in [4.69, 9.17) is 4.74 Å². The highest BCUT2D eigenvalue weighted by Gasteiger charge is 2.35. The van der Waals surface area contributed by atoms with Gasteiger partial charge in [-0.1, -0.05) is 54.1 Å². The van der Waals surface area contributed by atoms with Crippen LogP contribution in [0.3, 0.4) is 0 Å². The Kier molecular flexibility index (Phi) is 6.50. The van der Waals surface area contributed by atoms with E-state index in [0.717, 1.165) is 16.7 Å². The van der Waals surface area contributed by atoms with Crippen LogP contribution >= 0.6 is 0 Å². The average molecular weight is 430 g/mol. The van der Waals surface area contributed by atoms with Crippen LogP contribution in [0.1, 0.15) is 28.4 Å². The van der Waals surface area contributed by atoms with E-state index >= 15 is 0 Å². The topological polar surface area (TPSA) is 71.5 Å². The predicted octanol–water partition coefficient (Wildman–Crippen LogP) is 3.64. The Labute approximate surface area is 188 Å². The zero-order chi connectivity index (χ0) is 22.5. The maximum Gasteiger partial charge on any atom is 0.260 e. The van der Waals surface area contributed by atoms with E-state index in [1.807, 2.05) is 31.2 Å². The SMILES string of the molecule is CCOc1ncccc1C(=O)N1CCNC(=O)C1Cc1ccccc1-c1cccc(C)c1. The lowest BCUT2D eigenvalue weighted by Crippen LogP contribution is -2.58. The number of rotatable bonds is 6. The van der Waals surface area contributed by atoms with Crippen LogP contribution in [0.2, 0.25) is 0 Å². The first kappa shape index (κ1) is 21.6. The second-order valence-corrected chi connectivity index (χ2v) is 7.83. The fourth-order valence-electron chi connectivity index (χ4n) is 4.12. The molecule has 1 aliphatic heterocycles. The summed E-state index contributed by atoms with van der Waals surface area (Å²) in [4.78, 5) is 32.2. The molecular weight excluding hydrogens is 402 g/mol. The summed E-state index contributed by atoms with van der Waals surface area (Å²) in [5.74, 6) is -0.0928. The zero-order valence-electron chi connectivity index (χ0n) is 18.4. The smallest absolute Gasteiger partial charge is 0.260 e. The van der Waals surface area contributed by atoms with Gasteiger partial charge in [0.15, 0.2) is 0 Å². The Balaban J connectivity index is 1.67. The molecule has 6 heteroatoms. The quantitative estimate of drug-likeness (QED) is 0.649. The van der Waals surface area contributed by atoms with Crippen molar-refractivity contribution >= 4 is 11.8 Å². The van der Waals surface area contributed by atoms with Crippen molar-refractivity contribution in [2.45, 2.75) is 26.3 Å². The molecule has 1 atom stereocenters. The number of hydrogen-bond donors (Lipinski definition) is 1. The molecule has 2 aromatic carbocycles. The van der Waals surface area contributed by atoms with Crippen LogP contribution in [-0.4, -0.2) is 47.4 Å². The molecule has 32 heavy (non-hydrogen) atoms. The number of nitrogens with zero attached hydrogens (tertiary/aromatic N) is 2. The van der Waals surface area contributed by atoms with Gasteiger partial charge in [-0.3, -0.25) is 9.59 Å². The van der Waals surface area contributed by atoms with Crippen molar-refractivity contribution in [3.05, 3.63) is 83.6 Å². The van der Waals surface area contributed by atoms with Gasteiger partial charge in [0, 0.05) is 25.7 Å². The molecular formula is C26H27N3O3. The Morgan fingerprint density at radius 3 is 2.81 bits per heavy atom. The van der Waals surface area contributed by atoms with E-state index in [9.17, 15) is 9.59 Å². The number of carbonyl (C=O) groups is 2. The molecule has 164 valence electrons. The number of piperazine rings is 1. The summed E-state index contributed by atoms with van der Waals surface area (Å²) in [5, 5.41) is 2.92. The molecule has 1 N–H and O–H groups in total. The van der Waals surface area contributed by atoms with Gasteiger partial charge in [-0.2, -0.15) is 0 Å². The molecule has 2 heterocycles. The molecule has 4 rings (SSSR count). The number of pyridine rings is 1. The fraction of sp³-hybridized carbons (Fsp3) is 0.269. The van der Waals surface area contributed by atoms with Crippen molar-refractivity contribution in [2.75, 3.05) is 19.7 Å². The molecule has 2 amide bonds. The van der Waals surface area contributed by atoms with Crippen LogP contribution in [0.25, 0.3) is 11.1 Å². The summed E-state index contributed by atoms with van der Waals surface area (Å²) in [6.07, 6.45) is 2.02. The zero-order valence-corrected chi connectivity index (χ0v) is 18.4. The van der Waals surface area contributed by atoms with E-state index < -0.39 is 6.04 Å². The maximum absolute atomic E-state index is 13.5. The first-order valence-electron chi connectivity index (χ1n) is 10.9. The van der Waals surface area contributed by atoms with E-state index in [0.29, 0.717) is 37.6 Å². The minimum atomic E-state index is -0.614. The first-order valence-corrected chi connectivity index (χ1v) is 10.9. The third kappa shape index (κ3) is 4.49. The van der Waals surface area contributed by atoms with E-state index in [1.54, 1.807) is 23.2 Å². The Morgan fingerprint density at radius 2 is 2.00 bits per heavy atom. The third-order valence-electron chi connectivity index (χ3n) is 5.63. The second kappa shape index (κ2) is 9.64. The molecule has 0 bridgehead atoms. The van der Waals surface area contributed by atoms with Crippen LogP contribution in [0, 0.1) is 6.92 Å². The number of aromatic nitrogens is 1. The lowest BCUT2D eigenvalue weighted by molar-refractivity contribution is -0.127. The number of benzene rings is 2. The highest BCUT2D eigenvalue weighted by Crippen LogP contribution is 2.28. The molecule has 0 saturated carbocycles. The van der Waals surface area contributed by atoms with E-state index in [1.165, 1.54) is 5.56 Å². The summed E-state index contributed by atoms with van der Waals surface area (Å²) < 4.78 is 5.56. The lowest BCUT2D eigenvalue weighted by atomic mass is 9.93. The van der Waals surface area contributed by atoms with Crippen LogP contribution < -0.4 is 10.1 Å². The highest BCUT2D eigenvalue weighted by atomic mass is 16.5. The van der Waals surface area contributed by atoms with E-state index in [-0.39, 0.29) is 11.8 Å². The number of ether oxygens (including phenoxy) is 1. The molecule has 6 nitrogen and oxygen atoms in total. The van der Waals surface area contributed by atoms with Gasteiger partial charge in [0.25, 0.3) is 5.91 Å². The van der Waals surface area contributed by atoms with E-state index in [2.05, 4.69) is 41.5 Å². The van der Waals surface area contributed by atoms with Gasteiger partial charge < -0.3 is 15.0 Å². The molecule has 1 unspecified atom stereocenters. The number of hydrogen-bond acceptors (Lipinski definition) is 4. The predicted molar refractivity (Wildman–Crippen MR) is 124 cm³/mol. The summed E-state index contributed by atoms with van der Waals surface area (Å²) in [6, 6.07) is 19.1. The number of aryl methyl sites for hydroxylation is 1. The van der Waals surface area contributed by atoms with Gasteiger partial charge in [-0.05, 0) is 42.7 Å². The van der Waals surface area contributed by atoms with Crippen molar-refractivity contribution in [3.63, 3.8) is 0 Å². The molecule has 0 spiro atoms. The largest absolute Gasteiger partial charge is 0.477 e. The standard InChI is InChI=1S/C26H27N3O3/c1-3-32-25-22(12-7-13-28-25)26(31)29-15-14-27-24(30)23(29)17-20-9-4-5-11-21(20)19-10-6-8-18(2)16-19/h4-13,16,23H,3,14-15,17H2,1-2H3,(H,27,30). The maximum atomic E-state index is 13.5. The van der Waals surface area contributed by atoms with Crippen molar-refractivity contribution in [1.82, 2.24) is 15.2 Å². The van der Waals surface area contributed by atoms with Crippen LogP contribution in [0.15, 0.2) is 66.9 Å². The number of amides is 2. The summed E-state index contributed by atoms with van der Waals surface area (Å²) in [5.41, 5.74) is 4.73. The Bertz CT molecular complexity index is 1130. The van der Waals surface area contributed by atoms with Gasteiger partial charge in [0.1, 0.15) is 11.6 Å². The van der Waals surface area contributed by atoms with Crippen LogP contribution in [0.5, 0.6) is 5.88 Å². The summed E-state index contributed by atoms with van der Waals surface area (Å²) >= 11 is 0. The van der Waals surface area contributed by atoms with Crippen LogP contribution in [-0.2, 0) is 11.2 Å². The molecule has 1 saturated heterocycles. The monoisotopic (exact) mass is 429 g/mol. The van der Waals surface area contributed by atoms with Crippen molar-refractivity contribution in [1.29, 1.82) is 0 Å². The molecule has 0 radical (unpaired) electrons. The Morgan fingerprint density at radius 1 is 1.16 bits per heavy atom. The van der Waals surface area contributed by atoms with Gasteiger partial charge >= 0.3 is 0 Å². The number of carbonyl (C=O) groups excluding carboxylic acids is 2. The average Bonchev–Trinajstić information content (AvgIpc) is 2.81. The van der Waals surface area contributed by atoms with Crippen molar-refractivity contribution < 1.29 is 14.3 Å². The second-order valence-electron chi connectivity index (χ2n) is 7.83. The lowest BCUT2D eigenvalue weighted by Gasteiger charge is -2.35. The van der Waals surface area contributed by atoms with Crippen LogP contribution in [0.4, 0.5) is 0 Å². The Hall–Kier alpha value is -3.67. The third-order valence-corrected chi connectivity index (χ3v) is 5.63. The minimum absolute atomic E-state index is 0.148. The first-order chi connectivity index (χ1) is 15.6. The molecule has 0 aliphatic carbocycles. The number of nitrogens with one attached hydrogen (secondary N) is 1. The summed E-state index contributed by atoms with van der Waals surface area (Å²) in [6.45, 7) is 5.17. The van der Waals surface area contributed by atoms with Gasteiger partial charge in [-0.25, -0.2) is 4.98 Å². The van der Waals surface area contributed by atoms with Gasteiger partial charge in [0.2, 0.25) is 11.8 Å². The molecule has 3 aromatic rings. The van der Waals surface area contributed by atoms with Crippen molar-refractivity contribution in [3.8, 4) is 17.0 Å². The normalized spacial score (nSPS) is 15.9. The molecule has 1 fully saturated rings. The highest BCUT2D eigenvalue weighted by molar-refractivity contribution is 6.00. The molecule has 1 aromatic heterocycles. The molecule has 1 aliphatic rings. The minimum Gasteiger partial charge on any atom is -0.477 e. The summed E-state index contributed by atoms with van der Waals surface area (Å²) in [7, 11) is 0. The van der Waals surface area contributed by atoms with Crippen molar-refractivity contribution in [2.24, 2.45) is 0 Å². The fourth-order valence-corrected chi connectivity index (χ4v) is 4.12. The van der Waals surface area contributed by atoms with Gasteiger partial charge in [-0.15, -0.1) is 0 Å². The van der Waals surface area contributed by atoms with Gasteiger partial charge in [0.05, 0.1) is 6.61 Å².